The Morgan fingerprint density at radius 2 is 2.00 bits per heavy atom. The SMILES string of the molecule is NS(=O)(=O)c1ccccc1NCc1ccncn1. The molecule has 1 heterocycles. The van der Waals surface area contributed by atoms with Gasteiger partial charge in [0.25, 0.3) is 0 Å². The molecule has 18 heavy (non-hydrogen) atoms. The van der Waals surface area contributed by atoms with Crippen LogP contribution in [0.2, 0.25) is 0 Å². The highest BCUT2D eigenvalue weighted by molar-refractivity contribution is 7.89. The van der Waals surface area contributed by atoms with Gasteiger partial charge in [-0.15, -0.1) is 0 Å². The molecule has 2 rings (SSSR count). The molecule has 3 N–H and O–H groups in total. The minimum Gasteiger partial charge on any atom is -0.378 e. The fraction of sp³-hybridized carbons (Fsp3) is 0.0909. The van der Waals surface area contributed by atoms with Gasteiger partial charge < -0.3 is 5.32 Å². The van der Waals surface area contributed by atoms with Crippen molar-refractivity contribution in [3.8, 4) is 0 Å². The Bertz CT molecular complexity index is 629. The molecule has 0 amide bonds. The third-order valence-electron chi connectivity index (χ3n) is 2.30. The van der Waals surface area contributed by atoms with Gasteiger partial charge >= 0.3 is 0 Å². The molecule has 2 aromatic rings. The molecule has 0 saturated heterocycles. The Hall–Kier alpha value is -1.99. The van der Waals surface area contributed by atoms with Crippen LogP contribution in [-0.2, 0) is 16.6 Å². The summed E-state index contributed by atoms with van der Waals surface area (Å²) in [4.78, 5) is 7.90. The van der Waals surface area contributed by atoms with Crippen molar-refractivity contribution in [2.75, 3.05) is 5.32 Å². The first-order valence-corrected chi connectivity index (χ1v) is 6.72. The van der Waals surface area contributed by atoms with Crippen LogP contribution in [0.4, 0.5) is 5.69 Å². The Kier molecular flexibility index (Phi) is 3.54. The molecule has 1 aromatic heterocycles. The van der Waals surface area contributed by atoms with E-state index in [1.54, 1.807) is 30.5 Å². The normalized spacial score (nSPS) is 11.2. The number of nitrogens with one attached hydrogen (secondary N) is 1. The highest BCUT2D eigenvalue weighted by Crippen LogP contribution is 2.19. The lowest BCUT2D eigenvalue weighted by atomic mass is 10.3. The smallest absolute Gasteiger partial charge is 0.240 e. The minimum atomic E-state index is -3.73. The van der Waals surface area contributed by atoms with E-state index < -0.39 is 10.0 Å². The molecule has 0 aliphatic rings. The van der Waals surface area contributed by atoms with Gasteiger partial charge in [-0.05, 0) is 18.2 Å². The Morgan fingerprint density at radius 3 is 2.67 bits per heavy atom. The Balaban J connectivity index is 2.20. The van der Waals surface area contributed by atoms with Crippen LogP contribution in [0.5, 0.6) is 0 Å². The molecule has 0 radical (unpaired) electrons. The average Bonchev–Trinajstić information content (AvgIpc) is 2.37. The van der Waals surface area contributed by atoms with Crippen LogP contribution in [0.25, 0.3) is 0 Å². The van der Waals surface area contributed by atoms with Crippen molar-refractivity contribution < 1.29 is 8.42 Å². The number of hydrogen-bond acceptors (Lipinski definition) is 5. The quantitative estimate of drug-likeness (QED) is 0.848. The first-order valence-electron chi connectivity index (χ1n) is 5.18. The molecule has 0 saturated carbocycles. The molecule has 0 aliphatic heterocycles. The summed E-state index contributed by atoms with van der Waals surface area (Å²) in [5.41, 5.74) is 1.22. The predicted molar refractivity (Wildman–Crippen MR) is 67.2 cm³/mol. The van der Waals surface area contributed by atoms with E-state index in [9.17, 15) is 8.42 Å². The fourth-order valence-corrected chi connectivity index (χ4v) is 2.18. The number of hydrogen-bond donors (Lipinski definition) is 2. The molecular formula is C11H12N4O2S. The van der Waals surface area contributed by atoms with Crippen molar-refractivity contribution in [2.45, 2.75) is 11.4 Å². The average molecular weight is 264 g/mol. The van der Waals surface area contributed by atoms with Gasteiger partial charge in [0, 0.05) is 6.20 Å². The topological polar surface area (TPSA) is 98.0 Å². The fourth-order valence-electron chi connectivity index (χ4n) is 1.47. The van der Waals surface area contributed by atoms with Crippen LogP contribution in [0, 0.1) is 0 Å². The van der Waals surface area contributed by atoms with E-state index in [1.165, 1.54) is 12.4 Å². The van der Waals surface area contributed by atoms with Crippen LogP contribution in [-0.4, -0.2) is 18.4 Å². The van der Waals surface area contributed by atoms with E-state index in [-0.39, 0.29) is 4.90 Å². The van der Waals surface area contributed by atoms with E-state index in [0.717, 1.165) is 5.69 Å². The number of primary sulfonamides is 1. The lowest BCUT2D eigenvalue weighted by Gasteiger charge is -2.09. The standard InChI is InChI=1S/C11H12N4O2S/c12-18(16,17)11-4-2-1-3-10(11)14-7-9-5-6-13-8-15-9/h1-6,8,14H,7H2,(H2,12,16,17). The monoisotopic (exact) mass is 264 g/mol. The highest BCUT2D eigenvalue weighted by Gasteiger charge is 2.12. The first-order chi connectivity index (χ1) is 8.57. The largest absolute Gasteiger partial charge is 0.378 e. The van der Waals surface area contributed by atoms with Gasteiger partial charge in [-0.3, -0.25) is 0 Å². The van der Waals surface area contributed by atoms with Crippen LogP contribution >= 0.6 is 0 Å². The number of anilines is 1. The third-order valence-corrected chi connectivity index (χ3v) is 3.27. The lowest BCUT2D eigenvalue weighted by molar-refractivity contribution is 0.598. The third kappa shape index (κ3) is 3.02. The summed E-state index contributed by atoms with van der Waals surface area (Å²) < 4.78 is 22.8. The summed E-state index contributed by atoms with van der Waals surface area (Å²) in [5, 5.41) is 8.12. The summed E-state index contributed by atoms with van der Waals surface area (Å²) in [6.07, 6.45) is 3.05. The van der Waals surface area contributed by atoms with E-state index in [4.69, 9.17) is 5.14 Å². The predicted octanol–water partition coefficient (Wildman–Crippen LogP) is 0.736. The molecule has 0 spiro atoms. The summed E-state index contributed by atoms with van der Waals surface area (Å²) in [6, 6.07) is 8.21. The lowest BCUT2D eigenvalue weighted by Crippen LogP contribution is -2.15. The second-order valence-electron chi connectivity index (χ2n) is 3.60. The van der Waals surface area contributed by atoms with Gasteiger partial charge in [0.1, 0.15) is 11.2 Å². The van der Waals surface area contributed by atoms with Crippen molar-refractivity contribution in [1.29, 1.82) is 0 Å². The molecule has 7 heteroatoms. The highest BCUT2D eigenvalue weighted by atomic mass is 32.2. The van der Waals surface area contributed by atoms with E-state index >= 15 is 0 Å². The number of benzene rings is 1. The van der Waals surface area contributed by atoms with Gasteiger partial charge in [-0.1, -0.05) is 12.1 Å². The minimum absolute atomic E-state index is 0.0686. The Morgan fingerprint density at radius 1 is 1.22 bits per heavy atom. The number of rotatable bonds is 4. The molecule has 94 valence electrons. The zero-order chi connectivity index (χ0) is 13.0. The van der Waals surface area contributed by atoms with Crippen molar-refractivity contribution >= 4 is 15.7 Å². The maximum Gasteiger partial charge on any atom is 0.240 e. The molecule has 0 fully saturated rings. The number of para-hydroxylation sites is 1. The summed E-state index contributed by atoms with van der Waals surface area (Å²) in [6.45, 7) is 0.398. The summed E-state index contributed by atoms with van der Waals surface area (Å²) in [5.74, 6) is 0. The number of nitrogens with two attached hydrogens (primary N) is 1. The van der Waals surface area contributed by atoms with Gasteiger partial charge in [0.05, 0.1) is 17.9 Å². The number of sulfonamides is 1. The maximum absolute atomic E-state index is 11.4. The molecule has 0 atom stereocenters. The van der Waals surface area contributed by atoms with E-state index in [1.807, 2.05) is 0 Å². The van der Waals surface area contributed by atoms with Crippen molar-refractivity contribution in [1.82, 2.24) is 9.97 Å². The van der Waals surface area contributed by atoms with Crippen molar-refractivity contribution in [3.63, 3.8) is 0 Å². The van der Waals surface area contributed by atoms with Gasteiger partial charge in [-0.2, -0.15) is 0 Å². The molecule has 0 unspecified atom stereocenters. The second-order valence-corrected chi connectivity index (χ2v) is 5.13. The van der Waals surface area contributed by atoms with E-state index in [0.29, 0.717) is 12.2 Å². The van der Waals surface area contributed by atoms with Gasteiger partial charge in [0.15, 0.2) is 0 Å². The summed E-state index contributed by atoms with van der Waals surface area (Å²) in [7, 11) is -3.73. The molecular weight excluding hydrogens is 252 g/mol. The van der Waals surface area contributed by atoms with Gasteiger partial charge in [0.2, 0.25) is 10.0 Å². The second kappa shape index (κ2) is 5.11. The first kappa shape index (κ1) is 12.5. The zero-order valence-electron chi connectivity index (χ0n) is 9.45. The van der Waals surface area contributed by atoms with Crippen LogP contribution in [0.15, 0.2) is 47.8 Å². The van der Waals surface area contributed by atoms with Crippen molar-refractivity contribution in [2.24, 2.45) is 5.14 Å². The maximum atomic E-state index is 11.4. The number of nitrogens with zero attached hydrogens (tertiary/aromatic N) is 2. The van der Waals surface area contributed by atoms with Gasteiger partial charge in [-0.25, -0.2) is 23.5 Å². The molecule has 0 aliphatic carbocycles. The molecule has 1 aromatic carbocycles. The van der Waals surface area contributed by atoms with E-state index in [2.05, 4.69) is 15.3 Å². The molecule has 0 bridgehead atoms. The summed E-state index contributed by atoms with van der Waals surface area (Å²) >= 11 is 0. The van der Waals surface area contributed by atoms with Crippen LogP contribution in [0.3, 0.4) is 0 Å². The Labute approximate surface area is 105 Å². The van der Waals surface area contributed by atoms with Crippen LogP contribution < -0.4 is 10.5 Å². The zero-order valence-corrected chi connectivity index (χ0v) is 10.3. The molecule has 6 nitrogen and oxygen atoms in total. The number of aromatic nitrogens is 2. The van der Waals surface area contributed by atoms with Crippen molar-refractivity contribution in [3.05, 3.63) is 48.5 Å². The van der Waals surface area contributed by atoms with Crippen LogP contribution in [0.1, 0.15) is 5.69 Å².